The molecule has 0 aliphatic carbocycles. The first-order chi connectivity index (χ1) is 11.8. The van der Waals surface area contributed by atoms with Gasteiger partial charge < -0.3 is 15.2 Å². The lowest BCUT2D eigenvalue weighted by Crippen LogP contribution is -2.14. The summed E-state index contributed by atoms with van der Waals surface area (Å²) in [5.74, 6) is -0.530. The fourth-order valence-electron chi connectivity index (χ4n) is 1.24. The van der Waals surface area contributed by atoms with Gasteiger partial charge in [-0.15, -0.1) is 12.4 Å². The summed E-state index contributed by atoms with van der Waals surface area (Å²) in [7, 11) is 2.63. The molecule has 26 heavy (non-hydrogen) atoms. The van der Waals surface area contributed by atoms with Crippen molar-refractivity contribution in [1.82, 2.24) is 0 Å². The first kappa shape index (κ1) is 32.5. The van der Waals surface area contributed by atoms with Crippen LogP contribution >= 0.6 is 24.0 Å². The summed E-state index contributed by atoms with van der Waals surface area (Å²) in [4.78, 5) is 41.4. The third-order valence-electron chi connectivity index (χ3n) is 2.77. The summed E-state index contributed by atoms with van der Waals surface area (Å²) in [5.41, 5.74) is 4.81. The number of nitrogens with two attached hydrogens (primary N) is 1. The molecule has 0 aromatic rings. The van der Waals surface area contributed by atoms with Crippen molar-refractivity contribution in [3.05, 3.63) is 0 Å². The fraction of sp³-hybridized carbons (Fsp3) is 0.765. The van der Waals surface area contributed by atoms with Crippen LogP contribution in [0.25, 0.3) is 0 Å². The Morgan fingerprint density at radius 2 is 1.27 bits per heavy atom. The molecule has 0 rings (SSSR count). The Labute approximate surface area is 167 Å². The van der Waals surface area contributed by atoms with Crippen LogP contribution in [-0.4, -0.2) is 43.7 Å². The van der Waals surface area contributed by atoms with E-state index in [1.165, 1.54) is 14.2 Å². The molecular formula is C17H33Cl2NO6. The number of hydrogen-bond donors (Lipinski definition) is 1. The second-order valence-corrected chi connectivity index (χ2v) is 5.38. The Hall–Kier alpha value is -1.18. The quantitative estimate of drug-likeness (QED) is 0.428. The van der Waals surface area contributed by atoms with E-state index in [0.29, 0.717) is 19.3 Å². The molecule has 0 spiro atoms. The van der Waals surface area contributed by atoms with Crippen molar-refractivity contribution in [3.63, 3.8) is 0 Å². The number of ketones is 1. The molecule has 0 heterocycles. The van der Waals surface area contributed by atoms with Crippen LogP contribution in [0, 0.1) is 0 Å². The number of hydrogen-bond acceptors (Lipinski definition) is 7. The third-order valence-corrected chi connectivity index (χ3v) is 2.96. The van der Waals surface area contributed by atoms with Crippen LogP contribution in [0.5, 0.6) is 0 Å². The van der Waals surface area contributed by atoms with Gasteiger partial charge in [-0.05, 0) is 24.4 Å². The SMILES string of the molecule is CCCCC(=O)CCC(=O)OC.CCCCC(=O)Cl.COC(=O)CN.Cl. The fourth-order valence-corrected chi connectivity index (χ4v) is 1.38. The average molecular weight is 418 g/mol. The third kappa shape index (κ3) is 34.2. The topological polar surface area (TPSA) is 113 Å². The van der Waals surface area contributed by atoms with Crippen molar-refractivity contribution >= 4 is 47.0 Å². The molecular weight excluding hydrogens is 385 g/mol. The standard InChI is InChI=1S/C9H16O3.C5H9ClO.C3H7NO2.ClH/c1-3-4-5-8(10)6-7-9(11)12-2;1-2-3-4-5(6)7;1-6-3(5)2-4;/h3-7H2,1-2H3;2-4H2,1H3;2,4H2,1H3;1H. The minimum absolute atomic E-state index is 0. The Balaban J connectivity index is -0.000000149. The number of methoxy groups -OCH3 is 2. The molecule has 0 fully saturated rings. The molecule has 0 atom stereocenters. The van der Waals surface area contributed by atoms with Gasteiger partial charge >= 0.3 is 11.9 Å². The molecule has 0 bridgehead atoms. The van der Waals surface area contributed by atoms with Crippen LogP contribution in [0.3, 0.4) is 0 Å². The molecule has 0 unspecified atom stereocenters. The first-order valence-corrected chi connectivity index (χ1v) is 8.70. The highest BCUT2D eigenvalue weighted by Crippen LogP contribution is 2.01. The Kier molecular flexibility index (Phi) is 32.6. The van der Waals surface area contributed by atoms with Gasteiger partial charge in [0.05, 0.1) is 27.2 Å². The molecule has 0 aliphatic rings. The minimum atomic E-state index is -0.380. The normalized spacial score (nSPS) is 8.54. The molecule has 0 aromatic heterocycles. The van der Waals surface area contributed by atoms with Crippen LogP contribution in [0.1, 0.15) is 65.2 Å². The number of halogens is 2. The lowest BCUT2D eigenvalue weighted by Gasteiger charge is -1.98. The summed E-state index contributed by atoms with van der Waals surface area (Å²) in [5, 5.41) is -0.221. The maximum atomic E-state index is 11.0. The molecule has 0 amide bonds. The molecule has 156 valence electrons. The molecule has 0 saturated carbocycles. The van der Waals surface area contributed by atoms with E-state index in [4.69, 9.17) is 17.3 Å². The molecule has 9 heteroatoms. The summed E-state index contributed by atoms with van der Waals surface area (Å²) in [6.45, 7) is 4.03. The van der Waals surface area contributed by atoms with E-state index in [1.807, 2.05) is 13.8 Å². The zero-order valence-corrected chi connectivity index (χ0v) is 17.7. The number of ether oxygens (including phenoxy) is 2. The Bertz CT molecular complexity index is 372. The van der Waals surface area contributed by atoms with E-state index >= 15 is 0 Å². The van der Waals surface area contributed by atoms with Crippen LogP contribution < -0.4 is 5.73 Å². The molecule has 2 N–H and O–H groups in total. The van der Waals surface area contributed by atoms with E-state index in [1.54, 1.807) is 0 Å². The molecule has 0 aliphatic heterocycles. The number of esters is 2. The highest BCUT2D eigenvalue weighted by atomic mass is 35.5. The smallest absolute Gasteiger partial charge is 0.319 e. The number of carbonyl (C=O) groups is 4. The van der Waals surface area contributed by atoms with Crippen molar-refractivity contribution < 1.29 is 28.7 Å². The predicted octanol–water partition coefficient (Wildman–Crippen LogP) is 3.18. The summed E-state index contributed by atoms with van der Waals surface area (Å²) >= 11 is 5.02. The maximum absolute atomic E-state index is 11.0. The van der Waals surface area contributed by atoms with Crippen molar-refractivity contribution in [1.29, 1.82) is 0 Å². The number of carbonyl (C=O) groups excluding carboxylic acids is 4. The zero-order chi connectivity index (χ0) is 20.1. The van der Waals surface area contributed by atoms with Crippen LogP contribution in [0.2, 0.25) is 0 Å². The zero-order valence-electron chi connectivity index (χ0n) is 16.2. The van der Waals surface area contributed by atoms with E-state index in [0.717, 1.165) is 25.7 Å². The van der Waals surface area contributed by atoms with Gasteiger partial charge in [0.15, 0.2) is 0 Å². The van der Waals surface area contributed by atoms with Gasteiger partial charge in [0, 0.05) is 19.3 Å². The van der Waals surface area contributed by atoms with Gasteiger partial charge in [-0.3, -0.25) is 19.2 Å². The Morgan fingerprint density at radius 1 is 0.808 bits per heavy atom. The van der Waals surface area contributed by atoms with E-state index < -0.39 is 0 Å². The Morgan fingerprint density at radius 3 is 1.54 bits per heavy atom. The van der Waals surface area contributed by atoms with Gasteiger partial charge in [-0.2, -0.15) is 0 Å². The van der Waals surface area contributed by atoms with Crippen molar-refractivity contribution in [3.8, 4) is 0 Å². The number of unbranched alkanes of at least 4 members (excludes halogenated alkanes) is 2. The van der Waals surface area contributed by atoms with E-state index in [2.05, 4.69) is 9.47 Å². The summed E-state index contributed by atoms with van der Waals surface area (Å²) < 4.78 is 8.55. The second kappa shape index (κ2) is 26.1. The van der Waals surface area contributed by atoms with Gasteiger partial charge in [0.25, 0.3) is 0 Å². The van der Waals surface area contributed by atoms with Crippen LogP contribution in [0.15, 0.2) is 0 Å². The predicted molar refractivity (Wildman–Crippen MR) is 104 cm³/mol. The highest BCUT2D eigenvalue weighted by molar-refractivity contribution is 6.63. The average Bonchev–Trinajstić information content (AvgIpc) is 2.62. The van der Waals surface area contributed by atoms with Crippen LogP contribution in [0.4, 0.5) is 0 Å². The van der Waals surface area contributed by atoms with Gasteiger partial charge in [-0.25, -0.2) is 0 Å². The first-order valence-electron chi connectivity index (χ1n) is 8.32. The minimum Gasteiger partial charge on any atom is -0.469 e. The lowest BCUT2D eigenvalue weighted by atomic mass is 10.1. The van der Waals surface area contributed by atoms with E-state index in [-0.39, 0.29) is 48.3 Å². The summed E-state index contributed by atoms with van der Waals surface area (Å²) in [6.07, 6.45) is 5.56. The molecule has 0 aromatic carbocycles. The van der Waals surface area contributed by atoms with Crippen molar-refractivity contribution in [2.45, 2.75) is 65.2 Å². The van der Waals surface area contributed by atoms with Crippen molar-refractivity contribution in [2.24, 2.45) is 5.73 Å². The van der Waals surface area contributed by atoms with Gasteiger partial charge in [-0.1, -0.05) is 26.7 Å². The highest BCUT2D eigenvalue weighted by Gasteiger charge is 2.05. The van der Waals surface area contributed by atoms with Crippen LogP contribution in [-0.2, 0) is 28.7 Å². The lowest BCUT2D eigenvalue weighted by molar-refractivity contribution is -0.142. The van der Waals surface area contributed by atoms with Crippen molar-refractivity contribution in [2.75, 3.05) is 20.8 Å². The number of rotatable bonds is 10. The number of Topliss-reactive ketones (excluding diaryl/α,β-unsaturated/α-hetero) is 1. The largest absolute Gasteiger partial charge is 0.469 e. The molecule has 0 radical (unpaired) electrons. The van der Waals surface area contributed by atoms with Gasteiger partial charge in [0.2, 0.25) is 5.24 Å². The van der Waals surface area contributed by atoms with Gasteiger partial charge in [0.1, 0.15) is 5.78 Å². The monoisotopic (exact) mass is 417 g/mol. The van der Waals surface area contributed by atoms with E-state index in [9.17, 15) is 19.2 Å². The molecule has 0 saturated heterocycles. The molecule has 7 nitrogen and oxygen atoms in total. The summed E-state index contributed by atoms with van der Waals surface area (Å²) in [6, 6.07) is 0. The second-order valence-electron chi connectivity index (χ2n) is 4.96. The maximum Gasteiger partial charge on any atom is 0.319 e.